The van der Waals surface area contributed by atoms with Gasteiger partial charge in [-0.2, -0.15) is 0 Å². The standard InChI is InChI=1S/C17H17Cl2NO4S/c1-12(2)24-17(21)11-20(15-9-13(18)8-14(19)10-15)25(22,23)16-6-4-3-5-7-16/h3-10,12H,11H2,1-2H3. The van der Waals surface area contributed by atoms with Crippen LogP contribution in [0.2, 0.25) is 10.0 Å². The molecule has 134 valence electrons. The van der Waals surface area contributed by atoms with Gasteiger partial charge in [0.25, 0.3) is 10.0 Å². The second kappa shape index (κ2) is 8.08. The van der Waals surface area contributed by atoms with E-state index in [1.54, 1.807) is 32.0 Å². The minimum atomic E-state index is -4.00. The highest BCUT2D eigenvalue weighted by Crippen LogP contribution is 2.29. The van der Waals surface area contributed by atoms with E-state index < -0.39 is 22.5 Å². The second-order valence-corrected chi connectivity index (χ2v) is 8.23. The largest absolute Gasteiger partial charge is 0.462 e. The van der Waals surface area contributed by atoms with Crippen LogP contribution in [-0.2, 0) is 19.6 Å². The number of hydrogen-bond donors (Lipinski definition) is 0. The van der Waals surface area contributed by atoms with Gasteiger partial charge in [-0.1, -0.05) is 41.4 Å². The number of rotatable bonds is 6. The maximum Gasteiger partial charge on any atom is 0.327 e. The lowest BCUT2D eigenvalue weighted by atomic mass is 10.3. The molecule has 0 atom stereocenters. The Labute approximate surface area is 157 Å². The first kappa shape index (κ1) is 19.6. The van der Waals surface area contributed by atoms with Gasteiger partial charge in [0, 0.05) is 10.0 Å². The van der Waals surface area contributed by atoms with Crippen LogP contribution in [0.1, 0.15) is 13.8 Å². The molecule has 25 heavy (non-hydrogen) atoms. The van der Waals surface area contributed by atoms with Gasteiger partial charge in [-0.05, 0) is 44.2 Å². The molecule has 0 aliphatic rings. The van der Waals surface area contributed by atoms with Crippen molar-refractivity contribution in [3.8, 4) is 0 Å². The normalized spacial score (nSPS) is 11.4. The summed E-state index contributed by atoms with van der Waals surface area (Å²) in [6.45, 7) is 2.88. The van der Waals surface area contributed by atoms with E-state index in [9.17, 15) is 13.2 Å². The van der Waals surface area contributed by atoms with Crippen molar-refractivity contribution in [2.75, 3.05) is 10.8 Å². The molecule has 8 heteroatoms. The topological polar surface area (TPSA) is 63.7 Å². The van der Waals surface area contributed by atoms with Crippen molar-refractivity contribution in [1.29, 1.82) is 0 Å². The van der Waals surface area contributed by atoms with E-state index in [0.29, 0.717) is 0 Å². The molecule has 0 saturated carbocycles. The van der Waals surface area contributed by atoms with Gasteiger partial charge in [0.15, 0.2) is 0 Å². The molecule has 0 fully saturated rings. The van der Waals surface area contributed by atoms with E-state index in [0.717, 1.165) is 4.31 Å². The number of anilines is 1. The number of benzene rings is 2. The van der Waals surface area contributed by atoms with Gasteiger partial charge in [-0.15, -0.1) is 0 Å². The Morgan fingerprint density at radius 1 is 1.08 bits per heavy atom. The third-order valence-electron chi connectivity index (χ3n) is 3.11. The molecule has 0 saturated heterocycles. The van der Waals surface area contributed by atoms with Crippen LogP contribution in [0, 0.1) is 0 Å². The first-order valence-electron chi connectivity index (χ1n) is 7.43. The van der Waals surface area contributed by atoms with Crippen molar-refractivity contribution in [3.05, 3.63) is 58.6 Å². The molecule has 0 unspecified atom stereocenters. The predicted octanol–water partition coefficient (Wildman–Crippen LogP) is 4.14. The van der Waals surface area contributed by atoms with Crippen molar-refractivity contribution in [1.82, 2.24) is 0 Å². The van der Waals surface area contributed by atoms with E-state index >= 15 is 0 Å². The molecule has 2 rings (SSSR count). The molecule has 0 aromatic heterocycles. The summed E-state index contributed by atoms with van der Waals surface area (Å²) in [5, 5.41) is 0.515. The van der Waals surface area contributed by atoms with Gasteiger partial charge in [0.1, 0.15) is 6.54 Å². The summed E-state index contributed by atoms with van der Waals surface area (Å²) in [5.74, 6) is -0.675. The van der Waals surface area contributed by atoms with E-state index in [1.807, 2.05) is 0 Å². The molecule has 2 aromatic carbocycles. The Balaban J connectivity index is 2.50. The summed E-state index contributed by atoms with van der Waals surface area (Å²) < 4.78 is 32.0. The Morgan fingerprint density at radius 3 is 2.16 bits per heavy atom. The van der Waals surface area contributed by atoms with Crippen LogP contribution in [-0.4, -0.2) is 27.0 Å². The SMILES string of the molecule is CC(C)OC(=O)CN(c1cc(Cl)cc(Cl)c1)S(=O)(=O)c1ccccc1. The zero-order chi connectivity index (χ0) is 18.6. The number of sulfonamides is 1. The predicted molar refractivity (Wildman–Crippen MR) is 98.7 cm³/mol. The lowest BCUT2D eigenvalue weighted by molar-refractivity contribution is -0.145. The molecule has 0 amide bonds. The number of esters is 1. The number of ether oxygens (including phenoxy) is 1. The first-order valence-corrected chi connectivity index (χ1v) is 9.63. The van der Waals surface area contributed by atoms with Crippen LogP contribution >= 0.6 is 23.2 Å². The zero-order valence-electron chi connectivity index (χ0n) is 13.6. The summed E-state index contributed by atoms with van der Waals surface area (Å²) in [5.41, 5.74) is 0.182. The Kier molecular flexibility index (Phi) is 6.32. The van der Waals surface area contributed by atoms with E-state index in [1.165, 1.54) is 30.3 Å². The van der Waals surface area contributed by atoms with E-state index in [2.05, 4.69) is 0 Å². The summed E-state index contributed by atoms with van der Waals surface area (Å²) >= 11 is 12.0. The van der Waals surface area contributed by atoms with Crippen molar-refractivity contribution in [2.24, 2.45) is 0 Å². The summed E-state index contributed by atoms with van der Waals surface area (Å²) in [6.07, 6.45) is -0.364. The van der Waals surface area contributed by atoms with Gasteiger partial charge in [-0.25, -0.2) is 8.42 Å². The molecule has 0 N–H and O–H groups in total. The fourth-order valence-electron chi connectivity index (χ4n) is 2.14. The Morgan fingerprint density at radius 2 is 1.64 bits per heavy atom. The van der Waals surface area contributed by atoms with Gasteiger partial charge in [-0.3, -0.25) is 9.10 Å². The molecule has 0 spiro atoms. The minimum absolute atomic E-state index is 0.0449. The fraction of sp³-hybridized carbons (Fsp3) is 0.235. The number of halogens is 2. The van der Waals surface area contributed by atoms with Crippen molar-refractivity contribution < 1.29 is 17.9 Å². The van der Waals surface area contributed by atoms with Crippen LogP contribution in [0.15, 0.2) is 53.4 Å². The van der Waals surface area contributed by atoms with Gasteiger partial charge in [0.05, 0.1) is 16.7 Å². The Hall–Kier alpha value is -1.76. The average molecular weight is 402 g/mol. The molecular weight excluding hydrogens is 385 g/mol. The molecule has 0 bridgehead atoms. The lowest BCUT2D eigenvalue weighted by Crippen LogP contribution is -2.37. The lowest BCUT2D eigenvalue weighted by Gasteiger charge is -2.24. The summed E-state index contributed by atoms with van der Waals surface area (Å²) in [4.78, 5) is 12.1. The third kappa shape index (κ3) is 5.11. The minimum Gasteiger partial charge on any atom is -0.462 e. The maximum atomic E-state index is 13.0. The van der Waals surface area contributed by atoms with Crippen LogP contribution in [0.3, 0.4) is 0 Å². The van der Waals surface area contributed by atoms with E-state index in [4.69, 9.17) is 27.9 Å². The molecular formula is C17H17Cl2NO4S. The summed E-state index contributed by atoms with van der Waals surface area (Å²) in [7, 11) is -4.00. The molecule has 0 radical (unpaired) electrons. The Bertz CT molecular complexity index is 834. The summed E-state index contributed by atoms with van der Waals surface area (Å²) in [6, 6.07) is 12.1. The van der Waals surface area contributed by atoms with Gasteiger partial charge < -0.3 is 4.74 Å². The van der Waals surface area contributed by atoms with Crippen LogP contribution in [0.4, 0.5) is 5.69 Å². The fourth-order valence-corrected chi connectivity index (χ4v) is 4.06. The van der Waals surface area contributed by atoms with Crippen LogP contribution in [0.5, 0.6) is 0 Å². The quantitative estimate of drug-likeness (QED) is 0.682. The molecule has 5 nitrogen and oxygen atoms in total. The van der Waals surface area contributed by atoms with Crippen LogP contribution < -0.4 is 4.31 Å². The van der Waals surface area contributed by atoms with Gasteiger partial charge in [0.2, 0.25) is 0 Å². The highest BCUT2D eigenvalue weighted by Gasteiger charge is 2.28. The van der Waals surface area contributed by atoms with Crippen molar-refractivity contribution in [3.63, 3.8) is 0 Å². The second-order valence-electron chi connectivity index (χ2n) is 5.49. The third-order valence-corrected chi connectivity index (χ3v) is 5.33. The highest BCUT2D eigenvalue weighted by atomic mass is 35.5. The van der Waals surface area contributed by atoms with E-state index in [-0.39, 0.29) is 26.7 Å². The average Bonchev–Trinajstić information content (AvgIpc) is 2.51. The monoisotopic (exact) mass is 401 g/mol. The maximum absolute atomic E-state index is 13.0. The van der Waals surface area contributed by atoms with Crippen LogP contribution in [0.25, 0.3) is 0 Å². The smallest absolute Gasteiger partial charge is 0.327 e. The number of carbonyl (C=O) groups is 1. The highest BCUT2D eigenvalue weighted by molar-refractivity contribution is 7.92. The zero-order valence-corrected chi connectivity index (χ0v) is 16.0. The first-order chi connectivity index (χ1) is 11.7. The molecule has 2 aromatic rings. The molecule has 0 heterocycles. The molecule has 0 aliphatic carbocycles. The van der Waals surface area contributed by atoms with Crippen molar-refractivity contribution >= 4 is 44.9 Å². The number of hydrogen-bond acceptors (Lipinski definition) is 4. The van der Waals surface area contributed by atoms with Crippen molar-refractivity contribution in [2.45, 2.75) is 24.8 Å². The molecule has 0 aliphatic heterocycles. The number of nitrogens with zero attached hydrogens (tertiary/aromatic N) is 1. The van der Waals surface area contributed by atoms with Gasteiger partial charge >= 0.3 is 5.97 Å². The number of carbonyl (C=O) groups excluding carboxylic acids is 1.